The molecule has 0 fully saturated rings. The van der Waals surface area contributed by atoms with Crippen molar-refractivity contribution in [3.8, 4) is 22.9 Å². The summed E-state index contributed by atoms with van der Waals surface area (Å²) < 4.78 is 69.7. The van der Waals surface area contributed by atoms with Gasteiger partial charge in [0.25, 0.3) is 5.91 Å². The maximum atomic E-state index is 15.4. The van der Waals surface area contributed by atoms with Gasteiger partial charge >= 0.3 is 0 Å². The zero-order chi connectivity index (χ0) is 28.8. The van der Waals surface area contributed by atoms with E-state index in [1.54, 1.807) is 41.7 Å². The van der Waals surface area contributed by atoms with Crippen LogP contribution >= 0.6 is 0 Å². The molecule has 0 saturated carbocycles. The van der Waals surface area contributed by atoms with Crippen LogP contribution in [0.2, 0.25) is 0 Å². The number of rotatable bonds is 8. The Kier molecular flexibility index (Phi) is 6.99. The van der Waals surface area contributed by atoms with Crippen LogP contribution in [0.25, 0.3) is 11.4 Å². The lowest BCUT2D eigenvalue weighted by Crippen LogP contribution is -2.30. The highest BCUT2D eigenvalue weighted by Gasteiger charge is 2.35. The Morgan fingerprint density at radius 2 is 1.60 bits per heavy atom. The summed E-state index contributed by atoms with van der Waals surface area (Å²) in [7, 11) is 1.57. The van der Waals surface area contributed by atoms with E-state index < -0.39 is 34.6 Å². The van der Waals surface area contributed by atoms with E-state index in [2.05, 4.69) is 10.2 Å². The number of nitrogens with zero attached hydrogens (tertiary/aromatic N) is 4. The molecule has 0 aliphatic carbocycles. The van der Waals surface area contributed by atoms with E-state index in [1.807, 2.05) is 12.1 Å². The van der Waals surface area contributed by atoms with Crippen molar-refractivity contribution in [3.05, 3.63) is 94.3 Å². The number of ether oxygens (including phenoxy) is 2. The van der Waals surface area contributed by atoms with Crippen LogP contribution < -0.4 is 9.47 Å². The molecule has 40 heavy (non-hydrogen) atoms. The first-order chi connectivity index (χ1) is 19.0. The van der Waals surface area contributed by atoms with Crippen molar-refractivity contribution < 1.29 is 31.8 Å². The number of carbonyl (C=O) groups excluding carboxylic acids is 1. The van der Waals surface area contributed by atoms with Crippen LogP contribution in [0.5, 0.6) is 11.5 Å². The monoisotopic (exact) mass is 554 g/mol. The van der Waals surface area contributed by atoms with E-state index in [1.165, 1.54) is 19.9 Å². The van der Waals surface area contributed by atoms with Crippen molar-refractivity contribution in [1.82, 2.24) is 19.7 Å². The van der Waals surface area contributed by atoms with Crippen molar-refractivity contribution >= 4 is 5.91 Å². The van der Waals surface area contributed by atoms with E-state index in [0.29, 0.717) is 30.0 Å². The third kappa shape index (κ3) is 4.87. The van der Waals surface area contributed by atoms with Gasteiger partial charge in [-0.3, -0.25) is 4.79 Å². The van der Waals surface area contributed by atoms with Crippen molar-refractivity contribution in [2.75, 3.05) is 7.11 Å². The molecule has 0 bridgehead atoms. The topological polar surface area (TPSA) is 69.5 Å². The standard InChI is InChI=1S/C29H26F4N4O3/c1-5-37-26(34-35-28(37)29(2,3)40-25-23(32)11-18(30)12-24(25)33)21-10-17-15-36(27(38)20(17)13-22(21)31)14-16-6-8-19(39-4)9-7-16/h6-13H,5,14-15H2,1-4H3. The van der Waals surface area contributed by atoms with Gasteiger partial charge in [0.1, 0.15) is 17.4 Å². The Balaban J connectivity index is 1.45. The molecule has 1 aliphatic rings. The molecule has 208 valence electrons. The third-order valence-electron chi connectivity index (χ3n) is 6.77. The Hall–Kier alpha value is -4.41. The smallest absolute Gasteiger partial charge is 0.254 e. The average molecular weight is 555 g/mol. The van der Waals surface area contributed by atoms with Gasteiger partial charge in [0.05, 0.1) is 12.7 Å². The van der Waals surface area contributed by atoms with E-state index in [-0.39, 0.29) is 41.8 Å². The highest BCUT2D eigenvalue weighted by Crippen LogP contribution is 2.35. The summed E-state index contributed by atoms with van der Waals surface area (Å²) in [4.78, 5) is 14.7. The molecule has 3 aromatic carbocycles. The first-order valence-corrected chi connectivity index (χ1v) is 12.5. The van der Waals surface area contributed by atoms with Crippen LogP contribution in [-0.2, 0) is 25.2 Å². The minimum absolute atomic E-state index is 0.119. The minimum atomic E-state index is -1.43. The molecule has 11 heteroatoms. The Morgan fingerprint density at radius 1 is 0.925 bits per heavy atom. The molecule has 0 radical (unpaired) electrons. The van der Waals surface area contributed by atoms with Crippen molar-refractivity contribution in [3.63, 3.8) is 0 Å². The zero-order valence-corrected chi connectivity index (χ0v) is 22.3. The molecule has 0 unspecified atom stereocenters. The number of hydrogen-bond donors (Lipinski definition) is 0. The molecule has 0 saturated heterocycles. The molecule has 1 aliphatic heterocycles. The summed E-state index contributed by atoms with van der Waals surface area (Å²) in [5.41, 5.74) is 0.485. The fraction of sp³-hybridized carbons (Fsp3) is 0.276. The quantitative estimate of drug-likeness (QED) is 0.250. The van der Waals surface area contributed by atoms with Crippen LogP contribution in [0.4, 0.5) is 17.6 Å². The zero-order valence-electron chi connectivity index (χ0n) is 22.3. The molecular weight excluding hydrogens is 528 g/mol. The molecule has 0 atom stereocenters. The van der Waals surface area contributed by atoms with Gasteiger partial charge in [-0.25, -0.2) is 17.6 Å². The predicted octanol–water partition coefficient (Wildman–Crippen LogP) is 6.00. The molecule has 2 heterocycles. The number of aromatic nitrogens is 3. The Morgan fingerprint density at radius 3 is 2.23 bits per heavy atom. The van der Waals surface area contributed by atoms with Crippen LogP contribution in [0.15, 0.2) is 48.5 Å². The second-order valence-electron chi connectivity index (χ2n) is 9.90. The number of amides is 1. The van der Waals surface area contributed by atoms with Gasteiger partial charge in [-0.05, 0) is 56.2 Å². The first kappa shape index (κ1) is 27.2. The number of benzene rings is 3. The van der Waals surface area contributed by atoms with E-state index >= 15 is 4.39 Å². The fourth-order valence-corrected chi connectivity index (χ4v) is 4.82. The second-order valence-corrected chi connectivity index (χ2v) is 9.90. The van der Waals surface area contributed by atoms with Gasteiger partial charge in [-0.1, -0.05) is 12.1 Å². The van der Waals surface area contributed by atoms with Gasteiger partial charge in [0.2, 0.25) is 0 Å². The largest absolute Gasteiger partial charge is 0.497 e. The first-order valence-electron chi connectivity index (χ1n) is 12.5. The SMILES string of the molecule is CCn1c(-c2cc3c(cc2F)C(=O)N(Cc2ccc(OC)cc2)C3)nnc1C(C)(C)Oc1c(F)cc(F)cc1F. The normalized spacial score (nSPS) is 13.1. The summed E-state index contributed by atoms with van der Waals surface area (Å²) >= 11 is 0. The minimum Gasteiger partial charge on any atom is -0.497 e. The maximum Gasteiger partial charge on any atom is 0.254 e. The highest BCUT2D eigenvalue weighted by molar-refractivity contribution is 5.99. The van der Waals surface area contributed by atoms with E-state index in [0.717, 1.165) is 5.56 Å². The van der Waals surface area contributed by atoms with Crippen LogP contribution in [-0.4, -0.2) is 32.7 Å². The number of fused-ring (bicyclic) bond motifs is 1. The molecular formula is C29H26F4N4O3. The lowest BCUT2D eigenvalue weighted by molar-refractivity contribution is 0.0766. The number of methoxy groups -OCH3 is 1. The van der Waals surface area contributed by atoms with Gasteiger partial charge in [0, 0.05) is 37.3 Å². The fourth-order valence-electron chi connectivity index (χ4n) is 4.82. The lowest BCUT2D eigenvalue weighted by Gasteiger charge is -2.26. The van der Waals surface area contributed by atoms with Crippen LogP contribution in [0.1, 0.15) is 48.1 Å². The van der Waals surface area contributed by atoms with E-state index in [9.17, 15) is 18.0 Å². The highest BCUT2D eigenvalue weighted by atomic mass is 19.1. The Labute approximate surface area is 228 Å². The maximum absolute atomic E-state index is 15.4. The molecule has 5 rings (SSSR count). The van der Waals surface area contributed by atoms with Crippen molar-refractivity contribution in [2.24, 2.45) is 0 Å². The van der Waals surface area contributed by atoms with Crippen LogP contribution in [0, 0.1) is 23.3 Å². The lowest BCUT2D eigenvalue weighted by atomic mass is 10.0. The molecule has 1 amide bonds. The predicted molar refractivity (Wildman–Crippen MR) is 138 cm³/mol. The van der Waals surface area contributed by atoms with Gasteiger partial charge in [-0.2, -0.15) is 0 Å². The number of halogens is 4. The van der Waals surface area contributed by atoms with Gasteiger partial charge in [0.15, 0.2) is 34.6 Å². The summed E-state index contributed by atoms with van der Waals surface area (Å²) in [6.07, 6.45) is 0. The van der Waals surface area contributed by atoms with Gasteiger partial charge < -0.3 is 18.9 Å². The molecule has 0 spiro atoms. The number of hydrogen-bond acceptors (Lipinski definition) is 5. The van der Waals surface area contributed by atoms with Crippen molar-refractivity contribution in [2.45, 2.75) is 46.0 Å². The van der Waals surface area contributed by atoms with Crippen LogP contribution in [0.3, 0.4) is 0 Å². The molecule has 4 aromatic rings. The average Bonchev–Trinajstić information content (AvgIpc) is 3.48. The molecule has 1 aromatic heterocycles. The summed E-state index contributed by atoms with van der Waals surface area (Å²) in [6.45, 7) is 5.70. The van der Waals surface area contributed by atoms with Gasteiger partial charge in [-0.15, -0.1) is 10.2 Å². The molecule has 7 nitrogen and oxygen atoms in total. The van der Waals surface area contributed by atoms with E-state index in [4.69, 9.17) is 9.47 Å². The number of carbonyl (C=O) groups is 1. The summed E-state index contributed by atoms with van der Waals surface area (Å²) in [6, 6.07) is 11.1. The Bertz CT molecular complexity index is 1580. The summed E-state index contributed by atoms with van der Waals surface area (Å²) in [5, 5.41) is 8.32. The summed E-state index contributed by atoms with van der Waals surface area (Å²) in [5.74, 6) is -4.17. The third-order valence-corrected chi connectivity index (χ3v) is 6.77. The second kappa shape index (κ2) is 10.3. The van der Waals surface area contributed by atoms with Crippen molar-refractivity contribution in [1.29, 1.82) is 0 Å². The molecule has 0 N–H and O–H groups in total.